The van der Waals surface area contributed by atoms with Gasteiger partial charge >= 0.3 is 0 Å². The molecule has 0 amide bonds. The lowest BCUT2D eigenvalue weighted by Gasteiger charge is -1.97. The molecule has 0 N–H and O–H groups in total. The van der Waals surface area contributed by atoms with Crippen LogP contribution in [0.2, 0.25) is 0 Å². The summed E-state index contributed by atoms with van der Waals surface area (Å²) < 4.78 is 0. The van der Waals surface area contributed by atoms with E-state index >= 15 is 0 Å². The minimum Gasteiger partial charge on any atom is -0.0811 e. The molecule has 0 fully saturated rings. The summed E-state index contributed by atoms with van der Waals surface area (Å²) in [4.78, 5) is 0. The van der Waals surface area contributed by atoms with E-state index in [1.807, 2.05) is 0 Å². The van der Waals surface area contributed by atoms with Crippen LogP contribution < -0.4 is 0 Å². The Hall–Kier alpha value is -0.260. The summed E-state index contributed by atoms with van der Waals surface area (Å²) in [6.45, 7) is 4.52. The van der Waals surface area contributed by atoms with Gasteiger partial charge in [0.15, 0.2) is 0 Å². The topological polar surface area (TPSA) is 0 Å². The van der Waals surface area contributed by atoms with Crippen molar-refractivity contribution in [1.82, 2.24) is 0 Å². The van der Waals surface area contributed by atoms with E-state index in [0.29, 0.717) is 0 Å². The highest BCUT2D eigenvalue weighted by Crippen LogP contribution is 2.07. The molecule has 0 spiro atoms. The molecule has 0 aliphatic rings. The molecule has 0 saturated carbocycles. The van der Waals surface area contributed by atoms with Gasteiger partial charge in [-0.05, 0) is 31.8 Å². The van der Waals surface area contributed by atoms with E-state index in [4.69, 9.17) is 0 Å². The van der Waals surface area contributed by atoms with Gasteiger partial charge in [0.1, 0.15) is 0 Å². The summed E-state index contributed by atoms with van der Waals surface area (Å²) in [6, 6.07) is 0. The lowest BCUT2D eigenvalue weighted by atomic mass is 10.1. The maximum Gasteiger partial charge on any atom is -0.0279 e. The van der Waals surface area contributed by atoms with E-state index in [0.717, 1.165) is 0 Å². The van der Waals surface area contributed by atoms with Gasteiger partial charge in [-0.3, -0.25) is 0 Å². The van der Waals surface area contributed by atoms with Gasteiger partial charge in [-0.2, -0.15) is 0 Å². The highest BCUT2D eigenvalue weighted by atomic mass is 13.9. The van der Waals surface area contributed by atoms with Gasteiger partial charge in [0, 0.05) is 0 Å². The Kier molecular flexibility index (Phi) is 13.5. The second-order valence-electron chi connectivity index (χ2n) is 4.42. The van der Waals surface area contributed by atoms with Crippen LogP contribution in [0.5, 0.6) is 0 Å². The fourth-order valence-corrected chi connectivity index (χ4v) is 1.71. The molecule has 0 heteroatoms. The van der Waals surface area contributed by atoms with Crippen molar-refractivity contribution < 1.29 is 0 Å². The predicted octanol–water partition coefficient (Wildman–Crippen LogP) is 5.68. The quantitative estimate of drug-likeness (QED) is 0.384. The molecular weight excluding hydrogens is 180 g/mol. The van der Waals surface area contributed by atoms with Gasteiger partial charge < -0.3 is 0 Å². The second kappa shape index (κ2) is 13.7. The molecule has 0 rings (SSSR count). The number of allylic oxidation sites excluding steroid dienone is 2. The molecule has 0 aromatic heterocycles. The van der Waals surface area contributed by atoms with Crippen LogP contribution in [0.1, 0.15) is 84.5 Å². The molecule has 89 valence electrons. The molecule has 0 saturated heterocycles. The van der Waals surface area contributed by atoms with Gasteiger partial charge in [0.05, 0.1) is 0 Å². The van der Waals surface area contributed by atoms with Crippen LogP contribution in [-0.2, 0) is 0 Å². The minimum absolute atomic E-state index is 1.17. The molecule has 0 unspecified atom stereocenters. The fourth-order valence-electron chi connectivity index (χ4n) is 1.71. The van der Waals surface area contributed by atoms with Gasteiger partial charge in [0.25, 0.3) is 0 Å². The minimum atomic E-state index is 1.17. The van der Waals surface area contributed by atoms with Gasteiger partial charge in [-0.15, -0.1) is 0 Å². The van der Waals surface area contributed by atoms with Crippen LogP contribution >= 0.6 is 0 Å². The van der Waals surface area contributed by atoms with Crippen molar-refractivity contribution in [2.45, 2.75) is 84.5 Å². The smallest absolute Gasteiger partial charge is 0.0279 e. The van der Waals surface area contributed by atoms with E-state index in [2.05, 4.69) is 26.0 Å². The predicted molar refractivity (Wildman–Crippen MR) is 69.9 cm³/mol. The number of hydrogen-bond acceptors (Lipinski definition) is 0. The van der Waals surface area contributed by atoms with E-state index in [9.17, 15) is 0 Å². The van der Waals surface area contributed by atoms with Crippen molar-refractivity contribution in [1.29, 1.82) is 0 Å². The normalized spacial score (nSPS) is 11.3. The van der Waals surface area contributed by atoms with Crippen molar-refractivity contribution in [2.75, 3.05) is 0 Å². The average Bonchev–Trinajstić information content (AvgIpc) is 2.26. The Bertz CT molecular complexity index is 124. The Morgan fingerprint density at radius 2 is 1.33 bits per heavy atom. The number of rotatable bonds is 11. The van der Waals surface area contributed by atoms with E-state index in [1.165, 1.54) is 70.6 Å². The zero-order valence-corrected chi connectivity index (χ0v) is 10.9. The molecule has 0 aliphatic carbocycles. The first-order valence-corrected chi connectivity index (χ1v) is 6.96. The molecule has 0 aliphatic heterocycles. The summed E-state index contributed by atoms with van der Waals surface area (Å²) in [5.41, 5.74) is 0. The summed E-state index contributed by atoms with van der Waals surface area (Å²) in [5, 5.41) is 0. The molecule has 0 aromatic rings. The molecule has 0 nitrogen and oxygen atoms in total. The molecule has 0 bridgehead atoms. The SMILES string of the molecule is CCCCC[C]=CCCCCCCCC. The average molecular weight is 209 g/mol. The van der Waals surface area contributed by atoms with Crippen LogP contribution in [0, 0.1) is 6.08 Å². The molecule has 0 aromatic carbocycles. The Labute approximate surface area is 97.2 Å². The summed E-state index contributed by atoms with van der Waals surface area (Å²) in [6.07, 6.45) is 20.5. The third-order valence-corrected chi connectivity index (χ3v) is 2.77. The summed E-state index contributed by atoms with van der Waals surface area (Å²) >= 11 is 0. The second-order valence-corrected chi connectivity index (χ2v) is 4.42. The summed E-state index contributed by atoms with van der Waals surface area (Å²) in [7, 11) is 0. The maximum atomic E-state index is 3.40. The molecule has 15 heavy (non-hydrogen) atoms. The third kappa shape index (κ3) is 13.7. The third-order valence-electron chi connectivity index (χ3n) is 2.77. The van der Waals surface area contributed by atoms with Crippen molar-refractivity contribution in [3.63, 3.8) is 0 Å². The van der Waals surface area contributed by atoms with Gasteiger partial charge in [0.2, 0.25) is 0 Å². The standard InChI is InChI=1S/C15H29/c1-3-5-7-9-11-13-15-14-12-10-8-6-4-2/h14H,3-11,13,15H2,1-2H3. The zero-order chi connectivity index (χ0) is 11.2. The first kappa shape index (κ1) is 14.7. The molecule has 0 heterocycles. The van der Waals surface area contributed by atoms with E-state index < -0.39 is 0 Å². The van der Waals surface area contributed by atoms with Crippen molar-refractivity contribution in [3.8, 4) is 0 Å². The van der Waals surface area contributed by atoms with Crippen LogP contribution in [0.3, 0.4) is 0 Å². The lowest BCUT2D eigenvalue weighted by Crippen LogP contribution is -1.78. The van der Waals surface area contributed by atoms with E-state index in [1.54, 1.807) is 0 Å². The van der Waals surface area contributed by atoms with Gasteiger partial charge in [-0.1, -0.05) is 64.9 Å². The van der Waals surface area contributed by atoms with E-state index in [-0.39, 0.29) is 0 Å². The molecule has 1 radical (unpaired) electrons. The highest BCUT2D eigenvalue weighted by molar-refractivity contribution is 4.73. The number of unbranched alkanes of at least 4 members (excludes halogenated alkanes) is 9. The van der Waals surface area contributed by atoms with Crippen LogP contribution in [0.4, 0.5) is 0 Å². The Morgan fingerprint density at radius 3 is 2.07 bits per heavy atom. The first-order chi connectivity index (χ1) is 7.41. The van der Waals surface area contributed by atoms with Crippen molar-refractivity contribution in [3.05, 3.63) is 12.2 Å². The van der Waals surface area contributed by atoms with Crippen LogP contribution in [-0.4, -0.2) is 0 Å². The molecule has 0 atom stereocenters. The Morgan fingerprint density at radius 1 is 0.733 bits per heavy atom. The van der Waals surface area contributed by atoms with Gasteiger partial charge in [-0.25, -0.2) is 0 Å². The molecular formula is C15H29. The maximum absolute atomic E-state index is 3.40. The van der Waals surface area contributed by atoms with Crippen molar-refractivity contribution in [2.24, 2.45) is 0 Å². The zero-order valence-electron chi connectivity index (χ0n) is 10.9. The number of hydrogen-bond donors (Lipinski definition) is 0. The first-order valence-electron chi connectivity index (χ1n) is 6.96. The van der Waals surface area contributed by atoms with Crippen LogP contribution in [0.15, 0.2) is 6.08 Å². The van der Waals surface area contributed by atoms with Crippen molar-refractivity contribution >= 4 is 0 Å². The fraction of sp³-hybridized carbons (Fsp3) is 0.867. The Balaban J connectivity index is 2.96. The van der Waals surface area contributed by atoms with Crippen LogP contribution in [0.25, 0.3) is 0 Å². The largest absolute Gasteiger partial charge is 0.0811 e. The summed E-state index contributed by atoms with van der Waals surface area (Å²) in [5.74, 6) is 0. The lowest BCUT2D eigenvalue weighted by molar-refractivity contribution is 0.610. The highest BCUT2D eigenvalue weighted by Gasteiger charge is 1.88. The monoisotopic (exact) mass is 209 g/mol.